The quantitative estimate of drug-likeness (QED) is 0.766. The van der Waals surface area contributed by atoms with Crippen molar-refractivity contribution in [3.8, 4) is 5.75 Å². The summed E-state index contributed by atoms with van der Waals surface area (Å²) in [7, 11) is 0. The van der Waals surface area contributed by atoms with Gasteiger partial charge >= 0.3 is 0 Å². The van der Waals surface area contributed by atoms with Crippen molar-refractivity contribution in [1.82, 2.24) is 10.2 Å². The molecule has 1 aliphatic heterocycles. The largest absolute Gasteiger partial charge is 0.493 e. The second-order valence-electron chi connectivity index (χ2n) is 7.36. The lowest BCUT2D eigenvalue weighted by Crippen LogP contribution is -2.42. The van der Waals surface area contributed by atoms with E-state index in [1.165, 1.54) is 18.4 Å². The maximum absolute atomic E-state index is 12.3. The summed E-state index contributed by atoms with van der Waals surface area (Å²) >= 11 is 0. The van der Waals surface area contributed by atoms with Crippen molar-refractivity contribution in [3.63, 3.8) is 0 Å². The van der Waals surface area contributed by atoms with Gasteiger partial charge in [-0.1, -0.05) is 55.5 Å². The number of hydrogen-bond donors (Lipinski definition) is 1. The van der Waals surface area contributed by atoms with E-state index in [1.54, 1.807) is 0 Å². The van der Waals surface area contributed by atoms with E-state index in [4.69, 9.17) is 4.74 Å². The number of carbonyl (C=O) groups excluding carboxylic acids is 1. The third kappa shape index (κ3) is 6.10. The first-order valence-electron chi connectivity index (χ1n) is 9.96. The summed E-state index contributed by atoms with van der Waals surface area (Å²) in [6.45, 7) is 5.54. The number of likely N-dealkylation sites (tertiary alicyclic amines) is 1. The van der Waals surface area contributed by atoms with E-state index in [1.807, 2.05) is 36.4 Å². The molecule has 1 unspecified atom stereocenters. The van der Waals surface area contributed by atoms with Crippen molar-refractivity contribution >= 4 is 5.91 Å². The van der Waals surface area contributed by atoms with Crippen LogP contribution in [0.25, 0.3) is 0 Å². The Morgan fingerprint density at radius 1 is 1.07 bits per heavy atom. The van der Waals surface area contributed by atoms with Gasteiger partial charge in [0.25, 0.3) is 0 Å². The topological polar surface area (TPSA) is 41.6 Å². The summed E-state index contributed by atoms with van der Waals surface area (Å²) in [6.07, 6.45) is 2.82. The van der Waals surface area contributed by atoms with Crippen LogP contribution in [-0.2, 0) is 4.79 Å². The van der Waals surface area contributed by atoms with E-state index >= 15 is 0 Å². The summed E-state index contributed by atoms with van der Waals surface area (Å²) in [6, 6.07) is 20.4. The van der Waals surface area contributed by atoms with Gasteiger partial charge in [0.1, 0.15) is 5.75 Å². The van der Waals surface area contributed by atoms with Crippen LogP contribution in [0.4, 0.5) is 0 Å². The molecule has 27 heavy (non-hydrogen) atoms. The molecule has 0 aliphatic carbocycles. The van der Waals surface area contributed by atoms with E-state index in [0.29, 0.717) is 19.6 Å². The molecule has 4 nitrogen and oxygen atoms in total. The van der Waals surface area contributed by atoms with Crippen LogP contribution in [0.2, 0.25) is 0 Å². The van der Waals surface area contributed by atoms with Crippen LogP contribution >= 0.6 is 0 Å². The second-order valence-corrected chi connectivity index (χ2v) is 7.36. The molecule has 2 aromatic rings. The molecule has 0 spiro atoms. The number of hydrogen-bond acceptors (Lipinski definition) is 3. The third-order valence-electron chi connectivity index (χ3n) is 5.28. The first-order chi connectivity index (χ1) is 13.2. The highest BCUT2D eigenvalue weighted by Crippen LogP contribution is 2.26. The highest BCUT2D eigenvalue weighted by Gasteiger charge is 2.24. The number of nitrogens with one attached hydrogen (secondary N) is 1. The van der Waals surface area contributed by atoms with Crippen LogP contribution in [0, 0.1) is 5.92 Å². The Labute approximate surface area is 162 Å². The molecule has 3 rings (SSSR count). The number of amides is 1. The van der Waals surface area contributed by atoms with Gasteiger partial charge in [-0.15, -0.1) is 0 Å². The number of benzene rings is 2. The molecule has 1 aliphatic rings. The molecule has 1 saturated heterocycles. The molecule has 0 bridgehead atoms. The molecule has 0 saturated carbocycles. The third-order valence-corrected chi connectivity index (χ3v) is 5.28. The van der Waals surface area contributed by atoms with Crippen molar-refractivity contribution in [2.45, 2.75) is 32.2 Å². The van der Waals surface area contributed by atoms with Gasteiger partial charge in [0.2, 0.25) is 5.91 Å². The second kappa shape index (κ2) is 10.1. The predicted octanol–water partition coefficient (Wildman–Crippen LogP) is 4.04. The smallest absolute Gasteiger partial charge is 0.223 e. The van der Waals surface area contributed by atoms with Crippen LogP contribution in [0.1, 0.15) is 37.8 Å². The SMILES string of the molecule is CC1CCN(C(CNC(=O)CCOc2ccccc2)c2ccccc2)CC1. The number of carbonyl (C=O) groups is 1. The zero-order valence-electron chi connectivity index (χ0n) is 16.1. The van der Waals surface area contributed by atoms with Crippen LogP contribution in [0.5, 0.6) is 5.75 Å². The molecular formula is C23H30N2O2. The normalized spacial score (nSPS) is 16.6. The van der Waals surface area contributed by atoms with Gasteiger partial charge in [-0.25, -0.2) is 0 Å². The monoisotopic (exact) mass is 366 g/mol. The van der Waals surface area contributed by atoms with Crippen molar-refractivity contribution in [2.24, 2.45) is 5.92 Å². The molecule has 1 fully saturated rings. The standard InChI is InChI=1S/C23H30N2O2/c1-19-12-15-25(16-13-19)22(20-8-4-2-5-9-20)18-24-23(26)14-17-27-21-10-6-3-7-11-21/h2-11,19,22H,12-18H2,1H3,(H,24,26). The fourth-order valence-electron chi connectivity index (χ4n) is 3.55. The molecule has 144 valence electrons. The van der Waals surface area contributed by atoms with Crippen LogP contribution in [0.15, 0.2) is 60.7 Å². The highest BCUT2D eigenvalue weighted by molar-refractivity contribution is 5.76. The Bertz CT molecular complexity index is 682. The van der Waals surface area contributed by atoms with Gasteiger partial charge in [-0.05, 0) is 49.5 Å². The molecular weight excluding hydrogens is 336 g/mol. The number of para-hydroxylation sites is 1. The minimum absolute atomic E-state index is 0.0391. The van der Waals surface area contributed by atoms with E-state index in [9.17, 15) is 4.79 Å². The summed E-state index contributed by atoms with van der Waals surface area (Å²) in [5.74, 6) is 1.63. The number of rotatable bonds is 8. The molecule has 2 aromatic carbocycles. The van der Waals surface area contributed by atoms with Gasteiger partial charge < -0.3 is 10.1 Å². The summed E-state index contributed by atoms with van der Waals surface area (Å²) in [4.78, 5) is 14.8. The Balaban J connectivity index is 1.50. The molecule has 1 atom stereocenters. The lowest BCUT2D eigenvalue weighted by atomic mass is 9.95. The molecule has 4 heteroatoms. The Hall–Kier alpha value is -2.33. The lowest BCUT2D eigenvalue weighted by molar-refractivity contribution is -0.121. The highest BCUT2D eigenvalue weighted by atomic mass is 16.5. The first kappa shape index (κ1) is 19.4. The van der Waals surface area contributed by atoms with Crippen LogP contribution < -0.4 is 10.1 Å². The van der Waals surface area contributed by atoms with Crippen LogP contribution in [0.3, 0.4) is 0 Å². The number of ether oxygens (including phenoxy) is 1. The van der Waals surface area contributed by atoms with E-state index in [2.05, 4.69) is 41.4 Å². The zero-order valence-corrected chi connectivity index (χ0v) is 16.1. The van der Waals surface area contributed by atoms with Crippen LogP contribution in [-0.4, -0.2) is 37.0 Å². The molecule has 0 radical (unpaired) electrons. The maximum Gasteiger partial charge on any atom is 0.223 e. The minimum atomic E-state index is 0.0391. The lowest BCUT2D eigenvalue weighted by Gasteiger charge is -2.37. The Morgan fingerprint density at radius 3 is 2.37 bits per heavy atom. The molecule has 0 aromatic heterocycles. The fourth-order valence-corrected chi connectivity index (χ4v) is 3.55. The number of piperidine rings is 1. The average Bonchev–Trinajstić information content (AvgIpc) is 2.71. The van der Waals surface area contributed by atoms with Gasteiger partial charge in [-0.3, -0.25) is 9.69 Å². The first-order valence-corrected chi connectivity index (χ1v) is 9.96. The van der Waals surface area contributed by atoms with Crippen molar-refractivity contribution in [2.75, 3.05) is 26.2 Å². The van der Waals surface area contributed by atoms with Gasteiger partial charge in [0.15, 0.2) is 0 Å². The van der Waals surface area contributed by atoms with Gasteiger partial charge in [-0.2, -0.15) is 0 Å². The minimum Gasteiger partial charge on any atom is -0.493 e. The zero-order chi connectivity index (χ0) is 18.9. The summed E-state index contributed by atoms with van der Waals surface area (Å²) in [5.41, 5.74) is 1.27. The Kier molecular flexibility index (Phi) is 7.28. The average molecular weight is 367 g/mol. The molecule has 1 amide bonds. The molecule has 1 heterocycles. The van der Waals surface area contributed by atoms with Gasteiger partial charge in [0, 0.05) is 6.54 Å². The van der Waals surface area contributed by atoms with Crippen molar-refractivity contribution < 1.29 is 9.53 Å². The fraction of sp³-hybridized carbons (Fsp3) is 0.435. The summed E-state index contributed by atoms with van der Waals surface area (Å²) in [5, 5.41) is 3.12. The summed E-state index contributed by atoms with van der Waals surface area (Å²) < 4.78 is 5.62. The van der Waals surface area contributed by atoms with E-state index in [-0.39, 0.29) is 11.9 Å². The Morgan fingerprint density at radius 2 is 1.70 bits per heavy atom. The van der Waals surface area contributed by atoms with Gasteiger partial charge in [0.05, 0.1) is 19.1 Å². The van der Waals surface area contributed by atoms with E-state index < -0.39 is 0 Å². The van der Waals surface area contributed by atoms with E-state index in [0.717, 1.165) is 24.8 Å². The number of nitrogens with zero attached hydrogens (tertiary/aromatic N) is 1. The molecule has 1 N–H and O–H groups in total. The van der Waals surface area contributed by atoms with Crippen molar-refractivity contribution in [1.29, 1.82) is 0 Å². The van der Waals surface area contributed by atoms with Crippen molar-refractivity contribution in [3.05, 3.63) is 66.2 Å². The maximum atomic E-state index is 12.3. The predicted molar refractivity (Wildman–Crippen MR) is 109 cm³/mol.